The van der Waals surface area contributed by atoms with Crippen LogP contribution in [0.15, 0.2) is 78.9 Å². The molecular formula is C23H22N2O2. The van der Waals surface area contributed by atoms with E-state index >= 15 is 0 Å². The molecule has 0 aliphatic carbocycles. The zero-order valence-electron chi connectivity index (χ0n) is 15.2. The molecule has 0 aromatic heterocycles. The van der Waals surface area contributed by atoms with Crippen molar-refractivity contribution in [1.82, 2.24) is 5.32 Å². The summed E-state index contributed by atoms with van der Waals surface area (Å²) < 4.78 is 0. The number of rotatable bonds is 6. The van der Waals surface area contributed by atoms with Crippen molar-refractivity contribution in [2.45, 2.75) is 13.3 Å². The number of aryl methyl sites for hydroxylation is 1. The number of amides is 2. The molecule has 2 amide bonds. The summed E-state index contributed by atoms with van der Waals surface area (Å²) in [6.45, 7) is 2.65. The second-order valence-corrected chi connectivity index (χ2v) is 6.33. The molecule has 3 aromatic carbocycles. The van der Waals surface area contributed by atoms with Gasteiger partial charge in [0, 0.05) is 23.4 Å². The standard InChI is InChI=1S/C23H22N2O2/c1-17-7-5-6-8-18(17)15-16-24-22(26)20-11-13-21(14-12-20)25-23(27)19-9-3-2-4-10-19/h2-14H,15-16H2,1H3,(H,24,26)(H,25,27). The van der Waals surface area contributed by atoms with Gasteiger partial charge in [-0.25, -0.2) is 0 Å². The van der Waals surface area contributed by atoms with Gasteiger partial charge in [-0.15, -0.1) is 0 Å². The summed E-state index contributed by atoms with van der Waals surface area (Å²) in [5, 5.41) is 5.76. The monoisotopic (exact) mass is 358 g/mol. The fourth-order valence-corrected chi connectivity index (χ4v) is 2.80. The van der Waals surface area contributed by atoms with Gasteiger partial charge in [-0.3, -0.25) is 9.59 Å². The molecular weight excluding hydrogens is 336 g/mol. The first-order chi connectivity index (χ1) is 13.1. The molecule has 0 atom stereocenters. The van der Waals surface area contributed by atoms with E-state index in [1.807, 2.05) is 30.3 Å². The zero-order chi connectivity index (χ0) is 19.1. The smallest absolute Gasteiger partial charge is 0.255 e. The van der Waals surface area contributed by atoms with Crippen LogP contribution in [0.25, 0.3) is 0 Å². The minimum absolute atomic E-state index is 0.121. The van der Waals surface area contributed by atoms with E-state index in [1.54, 1.807) is 36.4 Å². The average Bonchev–Trinajstić information content (AvgIpc) is 2.70. The van der Waals surface area contributed by atoms with E-state index in [1.165, 1.54) is 11.1 Å². The summed E-state index contributed by atoms with van der Waals surface area (Å²) in [6.07, 6.45) is 0.795. The Balaban J connectivity index is 1.53. The normalized spacial score (nSPS) is 10.3. The Hall–Kier alpha value is -3.40. The minimum Gasteiger partial charge on any atom is -0.352 e. The van der Waals surface area contributed by atoms with E-state index in [9.17, 15) is 9.59 Å². The number of nitrogens with one attached hydrogen (secondary N) is 2. The number of benzene rings is 3. The highest BCUT2D eigenvalue weighted by Crippen LogP contribution is 2.12. The van der Waals surface area contributed by atoms with E-state index in [4.69, 9.17) is 0 Å². The highest BCUT2D eigenvalue weighted by atomic mass is 16.2. The van der Waals surface area contributed by atoms with Crippen molar-refractivity contribution >= 4 is 17.5 Å². The second kappa shape index (κ2) is 8.81. The summed E-state index contributed by atoms with van der Waals surface area (Å²) in [5.74, 6) is -0.296. The van der Waals surface area contributed by atoms with Crippen molar-refractivity contribution in [2.75, 3.05) is 11.9 Å². The fraction of sp³-hybridized carbons (Fsp3) is 0.130. The van der Waals surface area contributed by atoms with Gasteiger partial charge in [-0.1, -0.05) is 42.5 Å². The zero-order valence-corrected chi connectivity index (χ0v) is 15.2. The Morgan fingerprint density at radius 3 is 2.07 bits per heavy atom. The predicted molar refractivity (Wildman–Crippen MR) is 108 cm³/mol. The number of anilines is 1. The number of hydrogen-bond donors (Lipinski definition) is 2. The van der Waals surface area contributed by atoms with Gasteiger partial charge < -0.3 is 10.6 Å². The first-order valence-corrected chi connectivity index (χ1v) is 8.92. The SMILES string of the molecule is Cc1ccccc1CCNC(=O)c1ccc(NC(=O)c2ccccc2)cc1. The molecule has 4 nitrogen and oxygen atoms in total. The Labute approximate surface area is 159 Å². The highest BCUT2D eigenvalue weighted by molar-refractivity contribution is 6.04. The number of carbonyl (C=O) groups is 2. The van der Waals surface area contributed by atoms with Gasteiger partial charge in [-0.2, -0.15) is 0 Å². The van der Waals surface area contributed by atoms with E-state index in [0.29, 0.717) is 23.4 Å². The summed E-state index contributed by atoms with van der Waals surface area (Å²) in [6, 6.07) is 24.1. The maximum Gasteiger partial charge on any atom is 0.255 e. The van der Waals surface area contributed by atoms with Gasteiger partial charge in [0.25, 0.3) is 11.8 Å². The van der Waals surface area contributed by atoms with Gasteiger partial charge in [0.1, 0.15) is 0 Å². The number of carbonyl (C=O) groups excluding carboxylic acids is 2. The van der Waals surface area contributed by atoms with Crippen molar-refractivity contribution in [3.8, 4) is 0 Å². The molecule has 2 N–H and O–H groups in total. The van der Waals surface area contributed by atoms with Crippen LogP contribution in [0.2, 0.25) is 0 Å². The van der Waals surface area contributed by atoms with Gasteiger partial charge in [0.15, 0.2) is 0 Å². The molecule has 0 heterocycles. The van der Waals surface area contributed by atoms with Crippen LogP contribution in [0.4, 0.5) is 5.69 Å². The van der Waals surface area contributed by atoms with E-state index in [-0.39, 0.29) is 11.8 Å². The van der Waals surface area contributed by atoms with Crippen molar-refractivity contribution in [3.05, 3.63) is 101 Å². The van der Waals surface area contributed by atoms with Crippen LogP contribution in [0, 0.1) is 6.92 Å². The average molecular weight is 358 g/mol. The largest absolute Gasteiger partial charge is 0.352 e. The van der Waals surface area contributed by atoms with Crippen LogP contribution in [0.5, 0.6) is 0 Å². The van der Waals surface area contributed by atoms with Gasteiger partial charge in [0.05, 0.1) is 0 Å². The molecule has 0 radical (unpaired) electrons. The van der Waals surface area contributed by atoms with E-state index < -0.39 is 0 Å². The Morgan fingerprint density at radius 1 is 0.741 bits per heavy atom. The molecule has 136 valence electrons. The summed E-state index contributed by atoms with van der Waals surface area (Å²) in [4.78, 5) is 24.4. The lowest BCUT2D eigenvalue weighted by Gasteiger charge is -2.09. The van der Waals surface area contributed by atoms with E-state index in [2.05, 4.69) is 29.7 Å². The van der Waals surface area contributed by atoms with E-state index in [0.717, 1.165) is 6.42 Å². The van der Waals surface area contributed by atoms with Crippen LogP contribution in [-0.4, -0.2) is 18.4 Å². The van der Waals surface area contributed by atoms with Crippen LogP contribution >= 0.6 is 0 Å². The van der Waals surface area contributed by atoms with Gasteiger partial charge >= 0.3 is 0 Å². The summed E-state index contributed by atoms with van der Waals surface area (Å²) >= 11 is 0. The maximum absolute atomic E-state index is 12.3. The van der Waals surface area contributed by atoms with Crippen LogP contribution in [0.3, 0.4) is 0 Å². The molecule has 0 aliphatic heterocycles. The molecule has 0 saturated carbocycles. The molecule has 0 saturated heterocycles. The van der Waals surface area contributed by atoms with Gasteiger partial charge in [0.2, 0.25) is 0 Å². The Bertz CT molecular complexity index is 919. The lowest BCUT2D eigenvalue weighted by molar-refractivity contribution is 0.0953. The van der Waals surface area contributed by atoms with Gasteiger partial charge in [-0.05, 0) is 60.9 Å². The maximum atomic E-state index is 12.3. The molecule has 3 rings (SSSR count). The summed E-state index contributed by atoms with van der Waals surface area (Å²) in [7, 11) is 0. The third-order valence-corrected chi connectivity index (χ3v) is 4.38. The third-order valence-electron chi connectivity index (χ3n) is 4.38. The first-order valence-electron chi connectivity index (χ1n) is 8.92. The number of hydrogen-bond acceptors (Lipinski definition) is 2. The second-order valence-electron chi connectivity index (χ2n) is 6.33. The molecule has 0 bridgehead atoms. The van der Waals surface area contributed by atoms with Crippen molar-refractivity contribution in [3.63, 3.8) is 0 Å². The molecule has 4 heteroatoms. The Kier molecular flexibility index (Phi) is 6.00. The lowest BCUT2D eigenvalue weighted by atomic mass is 10.1. The topological polar surface area (TPSA) is 58.2 Å². The molecule has 27 heavy (non-hydrogen) atoms. The molecule has 0 aliphatic rings. The van der Waals surface area contributed by atoms with Crippen LogP contribution in [0.1, 0.15) is 31.8 Å². The molecule has 0 spiro atoms. The predicted octanol–water partition coefficient (Wildman–Crippen LogP) is 4.22. The van der Waals surface area contributed by atoms with Crippen molar-refractivity contribution in [2.24, 2.45) is 0 Å². The summed E-state index contributed by atoms with van der Waals surface area (Å²) in [5.41, 5.74) is 4.27. The quantitative estimate of drug-likeness (QED) is 0.693. The molecule has 0 fully saturated rings. The van der Waals surface area contributed by atoms with Crippen LogP contribution < -0.4 is 10.6 Å². The third kappa shape index (κ3) is 5.05. The fourth-order valence-electron chi connectivity index (χ4n) is 2.80. The van der Waals surface area contributed by atoms with Crippen LogP contribution in [-0.2, 0) is 6.42 Å². The highest BCUT2D eigenvalue weighted by Gasteiger charge is 2.08. The first kappa shape index (κ1) is 18.4. The lowest BCUT2D eigenvalue weighted by Crippen LogP contribution is -2.25. The van der Waals surface area contributed by atoms with Crippen molar-refractivity contribution < 1.29 is 9.59 Å². The van der Waals surface area contributed by atoms with Crippen molar-refractivity contribution in [1.29, 1.82) is 0 Å². The Morgan fingerprint density at radius 2 is 1.37 bits per heavy atom. The molecule has 0 unspecified atom stereocenters. The minimum atomic E-state index is -0.175. The molecule has 3 aromatic rings.